The molecule has 0 aromatic heterocycles. The lowest BCUT2D eigenvalue weighted by molar-refractivity contribution is -0.153. The Bertz CT molecular complexity index is 813. The van der Waals surface area contributed by atoms with Crippen LogP contribution in [0.4, 0.5) is 0 Å². The van der Waals surface area contributed by atoms with Crippen molar-refractivity contribution in [2.24, 2.45) is 11.8 Å². The van der Waals surface area contributed by atoms with Crippen molar-refractivity contribution in [3.05, 3.63) is 25.3 Å². The summed E-state index contributed by atoms with van der Waals surface area (Å²) >= 11 is 1.63. The van der Waals surface area contributed by atoms with Crippen LogP contribution in [0.15, 0.2) is 25.3 Å². The summed E-state index contributed by atoms with van der Waals surface area (Å²) in [5, 5.41) is 9.95. The number of thioether (sulfide) groups is 1. The van der Waals surface area contributed by atoms with Crippen molar-refractivity contribution in [3.63, 3.8) is 0 Å². The standard InChI is InChI=1S/C25H36N2O5S/c1-4-13-26(17-9-7-6-8-10-17)23(30)21-25-12-11-18(33-25)19(24(31)32-14-5-2)20(25)22(29)27(21)16(3)15-28/h4-5,16-21,28H,1-2,6-15H2,3H3/t16-,18-,19+,20+,21?,25?/m1/s1. The maximum atomic E-state index is 14.2. The van der Waals surface area contributed by atoms with Gasteiger partial charge in [0.25, 0.3) is 0 Å². The van der Waals surface area contributed by atoms with Crippen LogP contribution in [0.2, 0.25) is 0 Å². The Labute approximate surface area is 200 Å². The predicted octanol–water partition coefficient (Wildman–Crippen LogP) is 2.53. The number of esters is 1. The summed E-state index contributed by atoms with van der Waals surface area (Å²) in [6.07, 6.45) is 10.0. The van der Waals surface area contributed by atoms with E-state index in [9.17, 15) is 19.5 Å². The van der Waals surface area contributed by atoms with Crippen LogP contribution in [0, 0.1) is 11.8 Å². The average molecular weight is 477 g/mol. The van der Waals surface area contributed by atoms with Crippen LogP contribution in [0.25, 0.3) is 0 Å². The summed E-state index contributed by atoms with van der Waals surface area (Å²) in [5.41, 5.74) is 0. The molecule has 0 aromatic carbocycles. The Morgan fingerprint density at radius 2 is 2.00 bits per heavy atom. The molecule has 3 saturated heterocycles. The molecular weight excluding hydrogens is 440 g/mol. The van der Waals surface area contributed by atoms with Gasteiger partial charge in [-0.3, -0.25) is 14.4 Å². The number of rotatable bonds is 9. The van der Waals surface area contributed by atoms with Crippen molar-refractivity contribution in [1.82, 2.24) is 9.80 Å². The van der Waals surface area contributed by atoms with E-state index in [1.807, 2.05) is 4.90 Å². The molecular formula is C25H36N2O5S. The maximum Gasteiger partial charge on any atom is 0.311 e. The third kappa shape index (κ3) is 3.93. The van der Waals surface area contributed by atoms with Gasteiger partial charge in [-0.15, -0.1) is 18.3 Å². The number of hydrogen-bond acceptors (Lipinski definition) is 6. The van der Waals surface area contributed by atoms with E-state index < -0.39 is 28.7 Å². The normalized spacial score (nSPS) is 34.1. The molecule has 2 amide bonds. The molecule has 2 unspecified atom stereocenters. The summed E-state index contributed by atoms with van der Waals surface area (Å²) in [5.74, 6) is -1.81. The zero-order valence-electron chi connectivity index (χ0n) is 19.5. The molecule has 1 saturated carbocycles. The highest BCUT2D eigenvalue weighted by Crippen LogP contribution is 2.67. The molecule has 0 radical (unpaired) electrons. The highest BCUT2D eigenvalue weighted by molar-refractivity contribution is 8.02. The average Bonchev–Trinajstić information content (AvgIpc) is 3.48. The second kappa shape index (κ2) is 9.82. The van der Waals surface area contributed by atoms with Crippen molar-refractivity contribution < 1.29 is 24.2 Å². The molecule has 3 heterocycles. The molecule has 182 valence electrons. The van der Waals surface area contributed by atoms with Crippen LogP contribution in [0.5, 0.6) is 0 Å². The van der Waals surface area contributed by atoms with E-state index in [0.29, 0.717) is 13.0 Å². The SMILES string of the molecule is C=CCOC(=O)[C@@H]1[C@H]2C(=O)N([C@H](C)CO)C(C(=O)N(CC=C)C3CCCCC3)C23CC[C@H]1S3. The first-order valence-corrected chi connectivity index (χ1v) is 13.1. The monoisotopic (exact) mass is 476 g/mol. The molecule has 4 fully saturated rings. The summed E-state index contributed by atoms with van der Waals surface area (Å²) in [6, 6.07) is -1.06. The number of carbonyl (C=O) groups is 3. The molecule has 1 spiro atoms. The summed E-state index contributed by atoms with van der Waals surface area (Å²) in [4.78, 5) is 44.5. The summed E-state index contributed by atoms with van der Waals surface area (Å²) in [6.45, 7) is 9.57. The Morgan fingerprint density at radius 3 is 2.64 bits per heavy atom. The molecule has 8 heteroatoms. The van der Waals surface area contributed by atoms with Crippen LogP contribution in [0.3, 0.4) is 0 Å². The van der Waals surface area contributed by atoms with Crippen molar-refractivity contribution in [1.29, 1.82) is 0 Å². The van der Waals surface area contributed by atoms with Gasteiger partial charge >= 0.3 is 5.97 Å². The minimum Gasteiger partial charge on any atom is -0.461 e. The summed E-state index contributed by atoms with van der Waals surface area (Å²) in [7, 11) is 0. The molecule has 4 rings (SSSR count). The van der Waals surface area contributed by atoms with Gasteiger partial charge < -0.3 is 19.6 Å². The fourth-order valence-electron chi connectivity index (χ4n) is 6.55. The van der Waals surface area contributed by atoms with Crippen LogP contribution in [-0.4, -0.2) is 80.6 Å². The molecule has 1 N–H and O–H groups in total. The van der Waals surface area contributed by atoms with Gasteiger partial charge in [-0.05, 0) is 32.6 Å². The number of nitrogens with zero attached hydrogens (tertiary/aromatic N) is 2. The molecule has 2 bridgehead atoms. The number of aliphatic hydroxyl groups is 1. The number of ether oxygens (including phenoxy) is 1. The van der Waals surface area contributed by atoms with Crippen molar-refractivity contribution in [2.75, 3.05) is 19.8 Å². The van der Waals surface area contributed by atoms with Crippen molar-refractivity contribution >= 4 is 29.5 Å². The quantitative estimate of drug-likeness (QED) is 0.407. The van der Waals surface area contributed by atoms with Crippen molar-refractivity contribution in [3.8, 4) is 0 Å². The van der Waals surface area contributed by atoms with E-state index in [2.05, 4.69) is 13.2 Å². The van der Waals surface area contributed by atoms with Gasteiger partial charge in [0.2, 0.25) is 11.8 Å². The van der Waals surface area contributed by atoms with E-state index in [4.69, 9.17) is 4.74 Å². The van der Waals surface area contributed by atoms with E-state index in [1.54, 1.807) is 29.7 Å². The number of fused-ring (bicyclic) bond motifs is 1. The number of likely N-dealkylation sites (tertiary alicyclic amines) is 1. The van der Waals surface area contributed by atoms with Crippen molar-refractivity contribution in [2.45, 2.75) is 80.0 Å². The van der Waals surface area contributed by atoms with Crippen LogP contribution < -0.4 is 0 Å². The first kappa shape index (κ1) is 24.3. The topological polar surface area (TPSA) is 87.1 Å². The largest absolute Gasteiger partial charge is 0.461 e. The predicted molar refractivity (Wildman–Crippen MR) is 127 cm³/mol. The first-order valence-electron chi connectivity index (χ1n) is 12.2. The van der Waals surface area contributed by atoms with Gasteiger partial charge in [0.15, 0.2) is 0 Å². The molecule has 7 nitrogen and oxygen atoms in total. The smallest absolute Gasteiger partial charge is 0.311 e. The fraction of sp³-hybridized carbons (Fsp3) is 0.720. The second-order valence-corrected chi connectivity index (χ2v) is 11.4. The van der Waals surface area contributed by atoms with Crippen LogP contribution in [-0.2, 0) is 19.1 Å². The van der Waals surface area contributed by atoms with Crippen LogP contribution >= 0.6 is 11.8 Å². The van der Waals surface area contributed by atoms with Gasteiger partial charge in [-0.25, -0.2) is 0 Å². The lowest BCUT2D eigenvalue weighted by Gasteiger charge is -2.42. The number of aliphatic hydroxyl groups excluding tert-OH is 1. The van der Waals surface area contributed by atoms with Crippen LogP contribution in [0.1, 0.15) is 51.9 Å². The van der Waals surface area contributed by atoms with E-state index >= 15 is 0 Å². The number of amides is 2. The van der Waals surface area contributed by atoms with Gasteiger partial charge in [-0.2, -0.15) is 0 Å². The van der Waals surface area contributed by atoms with Gasteiger partial charge in [0.1, 0.15) is 12.6 Å². The minimum atomic E-state index is -0.689. The van der Waals surface area contributed by atoms with E-state index in [1.165, 1.54) is 12.5 Å². The number of hydrogen-bond donors (Lipinski definition) is 1. The first-order chi connectivity index (χ1) is 15.9. The number of carbonyl (C=O) groups excluding carboxylic acids is 3. The third-order valence-corrected chi connectivity index (χ3v) is 9.90. The zero-order valence-corrected chi connectivity index (χ0v) is 20.3. The Hall–Kier alpha value is -1.80. The van der Waals surface area contributed by atoms with Gasteiger partial charge in [-0.1, -0.05) is 38.0 Å². The lowest BCUT2D eigenvalue weighted by Crippen LogP contribution is -2.58. The third-order valence-electron chi connectivity index (χ3n) is 7.95. The Kier molecular flexibility index (Phi) is 7.24. The lowest BCUT2D eigenvalue weighted by atomic mass is 9.71. The fourth-order valence-corrected chi connectivity index (χ4v) is 8.73. The van der Waals surface area contributed by atoms with E-state index in [0.717, 1.165) is 32.1 Å². The Morgan fingerprint density at radius 1 is 1.27 bits per heavy atom. The molecule has 0 aromatic rings. The second-order valence-electron chi connectivity index (χ2n) is 9.82. The minimum absolute atomic E-state index is 0.0271. The maximum absolute atomic E-state index is 14.2. The molecule has 3 aliphatic heterocycles. The Balaban J connectivity index is 1.72. The van der Waals surface area contributed by atoms with E-state index in [-0.39, 0.29) is 42.3 Å². The molecule has 6 atom stereocenters. The zero-order chi connectivity index (χ0) is 23.8. The molecule has 33 heavy (non-hydrogen) atoms. The van der Waals surface area contributed by atoms with Gasteiger partial charge in [0.05, 0.1) is 29.2 Å². The molecule has 1 aliphatic carbocycles. The highest BCUT2D eigenvalue weighted by Gasteiger charge is 2.74. The van der Waals surface area contributed by atoms with Gasteiger partial charge in [0, 0.05) is 17.8 Å². The highest BCUT2D eigenvalue weighted by atomic mass is 32.2. The molecule has 4 aliphatic rings. The summed E-state index contributed by atoms with van der Waals surface area (Å²) < 4.78 is 4.72.